The van der Waals surface area contributed by atoms with Gasteiger partial charge in [-0.05, 0) is 43.5 Å². The van der Waals surface area contributed by atoms with Crippen molar-refractivity contribution in [2.24, 2.45) is 0 Å². The molecule has 6 heteroatoms. The molecule has 1 aromatic carbocycles. The van der Waals surface area contributed by atoms with E-state index in [1.54, 1.807) is 6.07 Å². The molecule has 4 nitrogen and oxygen atoms in total. The first-order valence-electron chi connectivity index (χ1n) is 6.77. The van der Waals surface area contributed by atoms with Crippen molar-refractivity contribution < 1.29 is 19.1 Å². The van der Waals surface area contributed by atoms with Gasteiger partial charge >= 0.3 is 5.97 Å². The Labute approximate surface area is 131 Å². The van der Waals surface area contributed by atoms with Gasteiger partial charge in [0.05, 0.1) is 0 Å². The maximum Gasteiger partial charge on any atom is 0.329 e. The number of amides is 1. The Hall–Kier alpha value is -1.43. The van der Waals surface area contributed by atoms with E-state index in [-0.39, 0.29) is 18.1 Å². The molecule has 0 aromatic heterocycles. The van der Waals surface area contributed by atoms with Gasteiger partial charge in [-0.1, -0.05) is 29.3 Å². The first-order valence-corrected chi connectivity index (χ1v) is 7.56. The van der Waals surface area contributed by atoms with Crippen LogP contribution < -0.4 is 5.32 Å². The zero-order chi connectivity index (χ0) is 16.0. The van der Waals surface area contributed by atoms with E-state index in [0.717, 1.165) is 4.47 Å². The second-order valence-corrected chi connectivity index (χ2v) is 6.03. The van der Waals surface area contributed by atoms with Crippen molar-refractivity contribution in [1.82, 2.24) is 5.32 Å². The van der Waals surface area contributed by atoms with Crippen molar-refractivity contribution in [3.8, 4) is 0 Å². The minimum atomic E-state index is -1.26. The average molecular weight is 360 g/mol. The van der Waals surface area contributed by atoms with Crippen LogP contribution in [0.5, 0.6) is 0 Å². The van der Waals surface area contributed by atoms with Gasteiger partial charge in [0, 0.05) is 10.9 Å². The lowest BCUT2D eigenvalue weighted by atomic mass is 9.96. The smallest absolute Gasteiger partial charge is 0.329 e. The normalized spacial score (nSPS) is 13.5. The number of carboxylic acids is 1. The molecular weight excluding hydrogens is 341 g/mol. The summed E-state index contributed by atoms with van der Waals surface area (Å²) < 4.78 is 13.9. The van der Waals surface area contributed by atoms with Gasteiger partial charge < -0.3 is 10.4 Å². The molecule has 1 atom stereocenters. The molecule has 0 spiro atoms. The highest BCUT2D eigenvalue weighted by atomic mass is 79.9. The van der Waals surface area contributed by atoms with E-state index in [4.69, 9.17) is 0 Å². The second kappa shape index (κ2) is 7.54. The van der Waals surface area contributed by atoms with Gasteiger partial charge in [0.2, 0.25) is 5.91 Å². The Morgan fingerprint density at radius 1 is 1.43 bits per heavy atom. The summed E-state index contributed by atoms with van der Waals surface area (Å²) in [6, 6.07) is 4.28. The predicted molar refractivity (Wildman–Crippen MR) is 81.5 cm³/mol. The largest absolute Gasteiger partial charge is 0.480 e. The fourth-order valence-corrected chi connectivity index (χ4v) is 2.52. The van der Waals surface area contributed by atoms with Crippen LogP contribution in [-0.2, 0) is 16.0 Å². The summed E-state index contributed by atoms with van der Waals surface area (Å²) in [5, 5.41) is 11.8. The molecule has 0 aliphatic heterocycles. The maximum absolute atomic E-state index is 13.1. The first kappa shape index (κ1) is 17.6. The molecule has 0 bridgehead atoms. The van der Waals surface area contributed by atoms with E-state index in [1.165, 1.54) is 19.1 Å². The number of rotatable bonds is 7. The summed E-state index contributed by atoms with van der Waals surface area (Å²) in [5.41, 5.74) is -0.581. The molecule has 0 aliphatic carbocycles. The summed E-state index contributed by atoms with van der Waals surface area (Å²) in [6.45, 7) is 3.35. The lowest BCUT2D eigenvalue weighted by molar-refractivity contribution is -0.147. The molecule has 1 rings (SSSR count). The molecule has 0 fully saturated rings. The van der Waals surface area contributed by atoms with Crippen LogP contribution in [-0.4, -0.2) is 22.5 Å². The van der Waals surface area contributed by atoms with Crippen molar-refractivity contribution >= 4 is 27.8 Å². The summed E-state index contributed by atoms with van der Waals surface area (Å²) >= 11 is 3.30. The molecule has 0 radical (unpaired) electrons. The van der Waals surface area contributed by atoms with Crippen molar-refractivity contribution in [1.29, 1.82) is 0 Å². The van der Waals surface area contributed by atoms with Gasteiger partial charge in [0.15, 0.2) is 0 Å². The molecule has 2 N–H and O–H groups in total. The Morgan fingerprint density at radius 3 is 2.67 bits per heavy atom. The van der Waals surface area contributed by atoms with Crippen LogP contribution in [0, 0.1) is 5.82 Å². The molecule has 1 unspecified atom stereocenters. The molecule has 0 heterocycles. The number of aryl methyl sites for hydroxylation is 1. The average Bonchev–Trinajstić information content (AvgIpc) is 2.40. The Balaban J connectivity index is 2.65. The lowest BCUT2D eigenvalue weighted by Crippen LogP contribution is -2.52. The van der Waals surface area contributed by atoms with E-state index in [0.29, 0.717) is 24.8 Å². The van der Waals surface area contributed by atoms with Crippen LogP contribution in [0.4, 0.5) is 4.39 Å². The number of carboxylic acid groups (broad SMARTS) is 1. The highest BCUT2D eigenvalue weighted by Crippen LogP contribution is 2.20. The van der Waals surface area contributed by atoms with Gasteiger partial charge in [-0.25, -0.2) is 9.18 Å². The summed E-state index contributed by atoms with van der Waals surface area (Å²) in [5.74, 6) is -1.77. The summed E-state index contributed by atoms with van der Waals surface area (Å²) in [6.07, 6.45) is 1.46. The highest BCUT2D eigenvalue weighted by Gasteiger charge is 2.33. The SMILES string of the molecule is CCCC(C)(NC(=O)CCc1cc(F)ccc1Br)C(=O)O. The van der Waals surface area contributed by atoms with Crippen molar-refractivity contribution in [2.45, 2.75) is 45.1 Å². The molecule has 0 saturated carbocycles. The first-order chi connectivity index (χ1) is 9.78. The van der Waals surface area contributed by atoms with Crippen LogP contribution >= 0.6 is 15.9 Å². The number of hydrogen-bond acceptors (Lipinski definition) is 2. The van der Waals surface area contributed by atoms with Gasteiger partial charge in [0.1, 0.15) is 11.4 Å². The monoisotopic (exact) mass is 359 g/mol. The Kier molecular flexibility index (Phi) is 6.33. The Bertz CT molecular complexity index is 536. The van der Waals surface area contributed by atoms with Gasteiger partial charge in [-0.3, -0.25) is 4.79 Å². The number of hydrogen-bond donors (Lipinski definition) is 2. The van der Waals surface area contributed by atoms with Crippen LogP contribution in [0.3, 0.4) is 0 Å². The van der Waals surface area contributed by atoms with Gasteiger partial charge in [-0.15, -0.1) is 0 Å². The number of nitrogens with one attached hydrogen (secondary N) is 1. The molecule has 0 aliphatic rings. The van der Waals surface area contributed by atoms with Crippen LogP contribution in [0.15, 0.2) is 22.7 Å². The van der Waals surface area contributed by atoms with E-state index in [9.17, 15) is 19.1 Å². The van der Waals surface area contributed by atoms with Crippen LogP contribution in [0.25, 0.3) is 0 Å². The zero-order valence-electron chi connectivity index (χ0n) is 12.1. The van der Waals surface area contributed by atoms with Crippen molar-refractivity contribution in [3.63, 3.8) is 0 Å². The number of halogens is 2. The Morgan fingerprint density at radius 2 is 2.10 bits per heavy atom. The third kappa shape index (κ3) is 5.12. The maximum atomic E-state index is 13.1. The standard InChI is InChI=1S/C15H19BrFNO3/c1-3-8-15(2,14(20)21)18-13(19)7-4-10-9-11(17)5-6-12(10)16/h5-6,9H,3-4,7-8H2,1-2H3,(H,18,19)(H,20,21). The fourth-order valence-electron chi connectivity index (χ4n) is 2.08. The number of carbonyl (C=O) groups excluding carboxylic acids is 1. The van der Waals surface area contributed by atoms with Crippen LogP contribution in [0.2, 0.25) is 0 Å². The van der Waals surface area contributed by atoms with Crippen molar-refractivity contribution in [3.05, 3.63) is 34.1 Å². The summed E-state index contributed by atoms with van der Waals surface area (Å²) in [7, 11) is 0. The molecule has 0 saturated heterocycles. The van der Waals surface area contributed by atoms with Gasteiger partial charge in [-0.2, -0.15) is 0 Å². The minimum Gasteiger partial charge on any atom is -0.480 e. The molecule has 1 aromatic rings. The molecule has 21 heavy (non-hydrogen) atoms. The third-order valence-corrected chi connectivity index (χ3v) is 4.04. The number of benzene rings is 1. The van der Waals surface area contributed by atoms with Gasteiger partial charge in [0.25, 0.3) is 0 Å². The minimum absolute atomic E-state index is 0.106. The number of aliphatic carboxylic acids is 1. The fraction of sp³-hybridized carbons (Fsp3) is 0.467. The third-order valence-electron chi connectivity index (χ3n) is 3.27. The number of carbonyl (C=O) groups is 2. The van der Waals surface area contributed by atoms with E-state index in [1.807, 2.05) is 6.92 Å². The predicted octanol–water partition coefficient (Wildman–Crippen LogP) is 3.28. The lowest BCUT2D eigenvalue weighted by Gasteiger charge is -2.25. The highest BCUT2D eigenvalue weighted by molar-refractivity contribution is 9.10. The van der Waals surface area contributed by atoms with Crippen LogP contribution in [0.1, 0.15) is 38.7 Å². The quantitative estimate of drug-likeness (QED) is 0.784. The zero-order valence-corrected chi connectivity index (χ0v) is 13.7. The molecule has 116 valence electrons. The van der Waals surface area contributed by atoms with E-state index < -0.39 is 11.5 Å². The summed E-state index contributed by atoms with van der Waals surface area (Å²) in [4.78, 5) is 23.2. The topological polar surface area (TPSA) is 66.4 Å². The van der Waals surface area contributed by atoms with E-state index in [2.05, 4.69) is 21.2 Å². The second-order valence-electron chi connectivity index (χ2n) is 5.17. The molecular formula is C15H19BrFNO3. The molecule has 1 amide bonds. The van der Waals surface area contributed by atoms with E-state index >= 15 is 0 Å². The van der Waals surface area contributed by atoms with Crippen molar-refractivity contribution in [2.75, 3.05) is 0 Å².